The molecule has 2 aromatic heterocycles. The minimum absolute atomic E-state index is 0.331. The number of fused-ring (bicyclic) bond motifs is 1. The molecule has 0 bridgehead atoms. The molecule has 0 aliphatic carbocycles. The lowest BCUT2D eigenvalue weighted by atomic mass is 10.1. The van der Waals surface area contributed by atoms with Crippen LogP contribution in [0.1, 0.15) is 60.9 Å². The van der Waals surface area contributed by atoms with Crippen molar-refractivity contribution in [2.75, 3.05) is 7.11 Å². The van der Waals surface area contributed by atoms with Gasteiger partial charge < -0.3 is 18.7 Å². The molecule has 3 rings (SSSR count). The van der Waals surface area contributed by atoms with Crippen molar-refractivity contribution in [2.45, 2.75) is 47.4 Å². The monoisotopic (exact) mass is 468 g/mol. The summed E-state index contributed by atoms with van der Waals surface area (Å²) in [7, 11) is 1.20. The molecule has 1 aromatic carbocycles. The fraction of sp³-hybridized carbons (Fsp3) is 0.320. The van der Waals surface area contributed by atoms with E-state index in [4.69, 9.17) is 9.52 Å². The lowest BCUT2D eigenvalue weighted by Crippen LogP contribution is -2.07. The predicted octanol–water partition coefficient (Wildman–Crippen LogP) is 8.14. The molecule has 0 atom stereocenters. The Labute approximate surface area is 192 Å². The Hall–Kier alpha value is -3.26. The van der Waals surface area contributed by atoms with Crippen LogP contribution >= 0.6 is 0 Å². The van der Waals surface area contributed by atoms with E-state index in [1.165, 1.54) is 18.1 Å². The normalized spacial score (nSPS) is 10.5. The topological polar surface area (TPSA) is 72.8 Å². The molecule has 33 heavy (non-hydrogen) atoms. The zero-order valence-electron chi connectivity index (χ0n) is 19.7. The summed E-state index contributed by atoms with van der Waals surface area (Å²) in [6.07, 6.45) is 0.835. The molecule has 1 N–H and O–H groups in total. The van der Waals surface area contributed by atoms with E-state index in [0.717, 1.165) is 17.4 Å². The van der Waals surface area contributed by atoms with Gasteiger partial charge in [0.05, 0.1) is 6.61 Å². The first-order valence-corrected chi connectivity index (χ1v) is 10.4. The number of carboxylic acids is 1. The van der Waals surface area contributed by atoms with Crippen molar-refractivity contribution >= 4 is 23.0 Å². The largest absolute Gasteiger partial charge is 0.475 e. The SMILES string of the molecule is C=C/C=C\c1oc2ccccc2c1C.CC.CC.COCc1cc(C(=O)O)oc1C(F)(F)F. The molecule has 0 aliphatic heterocycles. The molecule has 8 heteroatoms. The van der Waals surface area contributed by atoms with Crippen LogP contribution in [0.5, 0.6) is 0 Å². The molecule has 0 aliphatic rings. The molecule has 2 heterocycles. The van der Waals surface area contributed by atoms with Gasteiger partial charge in [-0.3, -0.25) is 0 Å². The van der Waals surface area contributed by atoms with Crippen LogP contribution in [0, 0.1) is 6.92 Å². The third-order valence-electron chi connectivity index (χ3n) is 3.84. The zero-order valence-corrected chi connectivity index (χ0v) is 19.7. The van der Waals surface area contributed by atoms with Gasteiger partial charge in [0.15, 0.2) is 0 Å². The van der Waals surface area contributed by atoms with Gasteiger partial charge in [-0.05, 0) is 25.1 Å². The fourth-order valence-corrected chi connectivity index (χ4v) is 2.54. The maximum Gasteiger partial charge on any atom is 0.449 e. The molecule has 0 spiro atoms. The lowest BCUT2D eigenvalue weighted by molar-refractivity contribution is -0.154. The third-order valence-corrected chi connectivity index (χ3v) is 3.84. The number of aromatic carboxylic acids is 1. The van der Waals surface area contributed by atoms with E-state index in [1.54, 1.807) is 6.08 Å². The number of methoxy groups -OCH3 is 1. The summed E-state index contributed by atoms with van der Waals surface area (Å²) in [4.78, 5) is 10.4. The molecule has 0 saturated carbocycles. The Bertz CT molecular complexity index is 1030. The molecular formula is C25H31F3O5. The number of benzene rings is 1. The first-order chi connectivity index (χ1) is 15.7. The van der Waals surface area contributed by atoms with Gasteiger partial charge in [-0.1, -0.05) is 64.6 Å². The number of aryl methyl sites for hydroxylation is 1. The number of hydrogen-bond acceptors (Lipinski definition) is 4. The highest BCUT2D eigenvalue weighted by Crippen LogP contribution is 2.34. The van der Waals surface area contributed by atoms with Crippen molar-refractivity contribution < 1.29 is 36.6 Å². The van der Waals surface area contributed by atoms with Gasteiger partial charge in [0, 0.05) is 23.6 Å². The second-order valence-electron chi connectivity index (χ2n) is 5.88. The minimum Gasteiger partial charge on any atom is -0.475 e. The quantitative estimate of drug-likeness (QED) is 0.383. The number of carbonyl (C=O) groups is 1. The molecule has 3 aromatic rings. The van der Waals surface area contributed by atoms with Crippen LogP contribution in [0.2, 0.25) is 0 Å². The molecule has 0 saturated heterocycles. The highest BCUT2D eigenvalue weighted by Gasteiger charge is 2.39. The maximum absolute atomic E-state index is 12.3. The van der Waals surface area contributed by atoms with Crippen molar-refractivity contribution in [1.82, 2.24) is 0 Å². The van der Waals surface area contributed by atoms with Crippen molar-refractivity contribution in [3.8, 4) is 0 Å². The van der Waals surface area contributed by atoms with E-state index >= 15 is 0 Å². The molecule has 0 unspecified atom stereocenters. The molecule has 0 fully saturated rings. The van der Waals surface area contributed by atoms with Crippen LogP contribution in [-0.2, 0) is 17.5 Å². The number of furan rings is 2. The average Bonchev–Trinajstić information content (AvgIpc) is 3.38. The fourth-order valence-electron chi connectivity index (χ4n) is 2.54. The van der Waals surface area contributed by atoms with E-state index in [-0.39, 0.29) is 12.2 Å². The van der Waals surface area contributed by atoms with Crippen molar-refractivity contribution in [2.24, 2.45) is 0 Å². The van der Waals surface area contributed by atoms with E-state index in [1.807, 2.05) is 58.0 Å². The predicted molar refractivity (Wildman–Crippen MR) is 124 cm³/mol. The van der Waals surface area contributed by atoms with Crippen LogP contribution in [0.25, 0.3) is 17.0 Å². The number of allylic oxidation sites excluding steroid dienone is 2. The summed E-state index contributed by atoms with van der Waals surface area (Å²) in [5.74, 6) is -2.73. The summed E-state index contributed by atoms with van der Waals surface area (Å²) < 4.78 is 51.3. The Kier molecular flexibility index (Phi) is 13.3. The van der Waals surface area contributed by atoms with E-state index in [0.29, 0.717) is 0 Å². The van der Waals surface area contributed by atoms with Gasteiger partial charge in [0.25, 0.3) is 0 Å². The number of carboxylic acid groups (broad SMARTS) is 1. The van der Waals surface area contributed by atoms with Crippen molar-refractivity contribution in [1.29, 1.82) is 0 Å². The summed E-state index contributed by atoms with van der Waals surface area (Å²) in [5, 5.41) is 9.63. The van der Waals surface area contributed by atoms with Crippen LogP contribution < -0.4 is 0 Å². The van der Waals surface area contributed by atoms with Gasteiger partial charge in [0.2, 0.25) is 11.5 Å². The maximum atomic E-state index is 12.3. The number of rotatable bonds is 5. The Morgan fingerprint density at radius 1 is 1.15 bits per heavy atom. The first kappa shape index (κ1) is 29.7. The third kappa shape index (κ3) is 8.65. The second-order valence-corrected chi connectivity index (χ2v) is 5.88. The Balaban J connectivity index is 0.000000540. The van der Waals surface area contributed by atoms with E-state index in [2.05, 4.69) is 28.7 Å². The molecule has 0 radical (unpaired) electrons. The number of para-hydroxylation sites is 1. The number of hydrogen-bond donors (Lipinski definition) is 1. The van der Waals surface area contributed by atoms with Gasteiger partial charge >= 0.3 is 12.1 Å². The Morgan fingerprint density at radius 2 is 1.76 bits per heavy atom. The highest BCUT2D eigenvalue weighted by atomic mass is 19.4. The average molecular weight is 469 g/mol. The molecule has 0 amide bonds. The number of alkyl halides is 3. The molecule has 182 valence electrons. The smallest absolute Gasteiger partial charge is 0.449 e. The highest BCUT2D eigenvalue weighted by molar-refractivity contribution is 5.85. The van der Waals surface area contributed by atoms with Gasteiger partial charge in [-0.15, -0.1) is 0 Å². The van der Waals surface area contributed by atoms with Crippen LogP contribution in [-0.4, -0.2) is 18.2 Å². The van der Waals surface area contributed by atoms with Crippen LogP contribution in [0.3, 0.4) is 0 Å². The summed E-state index contributed by atoms with van der Waals surface area (Å²) >= 11 is 0. The summed E-state index contributed by atoms with van der Waals surface area (Å²) in [5.41, 5.74) is 1.79. The number of ether oxygens (including phenoxy) is 1. The van der Waals surface area contributed by atoms with E-state index < -0.39 is 23.7 Å². The van der Waals surface area contributed by atoms with Gasteiger partial charge in [0.1, 0.15) is 11.3 Å². The van der Waals surface area contributed by atoms with Gasteiger partial charge in [-0.2, -0.15) is 13.2 Å². The summed E-state index contributed by atoms with van der Waals surface area (Å²) in [6.45, 7) is 13.3. The zero-order chi connectivity index (χ0) is 25.6. The van der Waals surface area contributed by atoms with E-state index in [9.17, 15) is 18.0 Å². The molecular weight excluding hydrogens is 437 g/mol. The lowest BCUT2D eigenvalue weighted by Gasteiger charge is -2.04. The summed E-state index contributed by atoms with van der Waals surface area (Å²) in [6, 6.07) is 8.85. The van der Waals surface area contributed by atoms with Crippen molar-refractivity contribution in [3.05, 3.63) is 77.5 Å². The van der Waals surface area contributed by atoms with Gasteiger partial charge in [-0.25, -0.2) is 4.79 Å². The van der Waals surface area contributed by atoms with Crippen molar-refractivity contribution in [3.63, 3.8) is 0 Å². The van der Waals surface area contributed by atoms with Crippen LogP contribution in [0.15, 0.2) is 57.9 Å². The standard InChI is InChI=1S/C13H12O.C8H7F3O4.2C2H6/c1-3-4-8-12-10(2)11-7-5-6-9-13(11)14-12;1-14-3-4-2-5(7(12)13)15-6(4)8(9,10)11;2*1-2/h3-9H,1H2,2H3;2H,3H2,1H3,(H,12,13);2*1-2H3/b8-4-;;;. The molecule has 5 nitrogen and oxygen atoms in total. The number of halogens is 3. The second kappa shape index (κ2) is 14.7. The Morgan fingerprint density at radius 3 is 2.24 bits per heavy atom. The first-order valence-electron chi connectivity index (χ1n) is 10.4. The van der Waals surface area contributed by atoms with Crippen LogP contribution in [0.4, 0.5) is 13.2 Å². The minimum atomic E-state index is -4.72.